The van der Waals surface area contributed by atoms with Crippen LogP contribution in [0.2, 0.25) is 0 Å². The molecule has 0 atom stereocenters. The standard InChI is InChI=1S/C16H23N5/c1-4-14-19-15(12(3)16(20-14)21-17)18-9-8-13-7-5-6-11(2)10-13/h5-7,10H,4,8-9,17H2,1-3H3,(H2,18,19,20,21). The highest BCUT2D eigenvalue weighted by molar-refractivity contribution is 5.56. The second-order valence-corrected chi connectivity index (χ2v) is 5.13. The molecule has 2 rings (SSSR count). The number of benzene rings is 1. The molecule has 0 fully saturated rings. The van der Waals surface area contributed by atoms with Crippen LogP contribution in [0.25, 0.3) is 0 Å². The SMILES string of the molecule is CCc1nc(NN)c(C)c(NCCc2cccc(C)c2)n1. The van der Waals surface area contributed by atoms with E-state index in [1.54, 1.807) is 0 Å². The van der Waals surface area contributed by atoms with Crippen LogP contribution in [0.5, 0.6) is 0 Å². The topological polar surface area (TPSA) is 75.9 Å². The number of hydrogen-bond donors (Lipinski definition) is 3. The molecule has 0 aliphatic rings. The van der Waals surface area contributed by atoms with E-state index in [0.29, 0.717) is 5.82 Å². The van der Waals surface area contributed by atoms with Crippen molar-refractivity contribution >= 4 is 11.6 Å². The summed E-state index contributed by atoms with van der Waals surface area (Å²) in [5.41, 5.74) is 6.19. The third kappa shape index (κ3) is 3.92. The van der Waals surface area contributed by atoms with Crippen molar-refractivity contribution in [1.82, 2.24) is 9.97 Å². The van der Waals surface area contributed by atoms with E-state index in [1.807, 2.05) is 13.8 Å². The summed E-state index contributed by atoms with van der Waals surface area (Å²) in [4.78, 5) is 8.89. The zero-order chi connectivity index (χ0) is 15.2. The zero-order valence-corrected chi connectivity index (χ0v) is 12.9. The van der Waals surface area contributed by atoms with Gasteiger partial charge in [-0.05, 0) is 25.8 Å². The van der Waals surface area contributed by atoms with E-state index in [4.69, 9.17) is 5.84 Å². The number of anilines is 2. The predicted octanol–water partition coefficient (Wildman–Crippen LogP) is 2.60. The first kappa shape index (κ1) is 15.3. The average molecular weight is 285 g/mol. The minimum absolute atomic E-state index is 0.680. The van der Waals surface area contributed by atoms with E-state index < -0.39 is 0 Å². The molecule has 5 nitrogen and oxygen atoms in total. The van der Waals surface area contributed by atoms with E-state index in [1.165, 1.54) is 11.1 Å². The molecule has 0 unspecified atom stereocenters. The highest BCUT2D eigenvalue weighted by atomic mass is 15.3. The number of nitrogens with two attached hydrogens (primary N) is 1. The molecule has 0 saturated heterocycles. The fraction of sp³-hybridized carbons (Fsp3) is 0.375. The summed E-state index contributed by atoms with van der Waals surface area (Å²) in [6.45, 7) is 6.93. The maximum absolute atomic E-state index is 5.51. The van der Waals surface area contributed by atoms with E-state index in [-0.39, 0.29) is 0 Å². The summed E-state index contributed by atoms with van der Waals surface area (Å²) in [5.74, 6) is 7.83. The Morgan fingerprint density at radius 1 is 1.14 bits per heavy atom. The maximum atomic E-state index is 5.51. The lowest BCUT2D eigenvalue weighted by atomic mass is 10.1. The Labute approximate surface area is 126 Å². The number of aromatic nitrogens is 2. The van der Waals surface area contributed by atoms with Crippen molar-refractivity contribution in [2.45, 2.75) is 33.6 Å². The van der Waals surface area contributed by atoms with Crippen molar-refractivity contribution in [2.75, 3.05) is 17.3 Å². The molecule has 2 aromatic rings. The van der Waals surface area contributed by atoms with E-state index in [0.717, 1.165) is 36.6 Å². The molecule has 0 amide bonds. The quantitative estimate of drug-likeness (QED) is 0.562. The molecule has 1 aromatic carbocycles. The van der Waals surface area contributed by atoms with Crippen molar-refractivity contribution in [2.24, 2.45) is 5.84 Å². The summed E-state index contributed by atoms with van der Waals surface area (Å²) in [7, 11) is 0. The van der Waals surface area contributed by atoms with Gasteiger partial charge in [0.15, 0.2) is 0 Å². The molecule has 0 aliphatic carbocycles. The lowest BCUT2D eigenvalue weighted by Crippen LogP contribution is -2.15. The van der Waals surface area contributed by atoms with Gasteiger partial charge in [0, 0.05) is 18.5 Å². The van der Waals surface area contributed by atoms with Gasteiger partial charge in [0.25, 0.3) is 0 Å². The van der Waals surface area contributed by atoms with Crippen molar-refractivity contribution in [3.63, 3.8) is 0 Å². The van der Waals surface area contributed by atoms with Crippen molar-refractivity contribution in [1.29, 1.82) is 0 Å². The molecular weight excluding hydrogens is 262 g/mol. The molecule has 0 saturated carbocycles. The van der Waals surface area contributed by atoms with E-state index in [2.05, 4.69) is 51.9 Å². The van der Waals surface area contributed by atoms with Crippen molar-refractivity contribution in [3.05, 3.63) is 46.8 Å². The fourth-order valence-electron chi connectivity index (χ4n) is 2.23. The van der Waals surface area contributed by atoms with Gasteiger partial charge in [-0.15, -0.1) is 0 Å². The summed E-state index contributed by atoms with van der Waals surface area (Å²) < 4.78 is 0. The minimum atomic E-state index is 0.680. The largest absolute Gasteiger partial charge is 0.369 e. The number of nitrogen functional groups attached to an aromatic ring is 1. The summed E-state index contributed by atoms with van der Waals surface area (Å²) in [6, 6.07) is 8.55. The van der Waals surface area contributed by atoms with E-state index >= 15 is 0 Å². The molecule has 4 N–H and O–H groups in total. The van der Waals surface area contributed by atoms with Crippen LogP contribution >= 0.6 is 0 Å². The first-order valence-corrected chi connectivity index (χ1v) is 7.27. The highest BCUT2D eigenvalue weighted by Gasteiger charge is 2.08. The highest BCUT2D eigenvalue weighted by Crippen LogP contribution is 2.19. The van der Waals surface area contributed by atoms with Crippen LogP contribution in [0.15, 0.2) is 24.3 Å². The first-order chi connectivity index (χ1) is 10.1. The van der Waals surface area contributed by atoms with Crippen LogP contribution in [0.1, 0.15) is 29.4 Å². The monoisotopic (exact) mass is 285 g/mol. The van der Waals surface area contributed by atoms with Gasteiger partial charge in [0.2, 0.25) is 0 Å². The van der Waals surface area contributed by atoms with Crippen LogP contribution in [0.4, 0.5) is 11.6 Å². The van der Waals surface area contributed by atoms with Crippen LogP contribution in [-0.4, -0.2) is 16.5 Å². The van der Waals surface area contributed by atoms with Crippen LogP contribution < -0.4 is 16.6 Å². The molecule has 1 heterocycles. The Morgan fingerprint density at radius 2 is 1.90 bits per heavy atom. The Hall–Kier alpha value is -2.14. The van der Waals surface area contributed by atoms with Gasteiger partial charge < -0.3 is 10.7 Å². The molecule has 112 valence electrons. The van der Waals surface area contributed by atoms with Crippen LogP contribution in [0.3, 0.4) is 0 Å². The molecule has 1 aromatic heterocycles. The molecule has 21 heavy (non-hydrogen) atoms. The Kier molecular flexibility index (Phi) is 5.11. The van der Waals surface area contributed by atoms with Gasteiger partial charge in [-0.25, -0.2) is 15.8 Å². The maximum Gasteiger partial charge on any atom is 0.148 e. The molecule has 0 radical (unpaired) electrons. The summed E-state index contributed by atoms with van der Waals surface area (Å²) >= 11 is 0. The number of aryl methyl sites for hydroxylation is 2. The summed E-state index contributed by atoms with van der Waals surface area (Å²) in [5, 5.41) is 3.38. The lowest BCUT2D eigenvalue weighted by molar-refractivity contribution is 0.914. The first-order valence-electron chi connectivity index (χ1n) is 7.27. The third-order valence-corrected chi connectivity index (χ3v) is 3.43. The van der Waals surface area contributed by atoms with Gasteiger partial charge in [-0.3, -0.25) is 0 Å². The second-order valence-electron chi connectivity index (χ2n) is 5.13. The molecule has 5 heteroatoms. The number of rotatable bonds is 6. The lowest BCUT2D eigenvalue weighted by Gasteiger charge is -2.13. The van der Waals surface area contributed by atoms with Gasteiger partial charge in [0.05, 0.1) is 0 Å². The zero-order valence-electron chi connectivity index (χ0n) is 12.9. The van der Waals surface area contributed by atoms with Gasteiger partial charge in [-0.2, -0.15) is 0 Å². The minimum Gasteiger partial charge on any atom is -0.369 e. The van der Waals surface area contributed by atoms with Gasteiger partial charge in [-0.1, -0.05) is 36.8 Å². The van der Waals surface area contributed by atoms with E-state index in [9.17, 15) is 0 Å². The smallest absolute Gasteiger partial charge is 0.148 e. The third-order valence-electron chi connectivity index (χ3n) is 3.43. The number of nitrogens with one attached hydrogen (secondary N) is 2. The van der Waals surface area contributed by atoms with Gasteiger partial charge >= 0.3 is 0 Å². The van der Waals surface area contributed by atoms with Crippen molar-refractivity contribution in [3.8, 4) is 0 Å². The number of hydrogen-bond acceptors (Lipinski definition) is 5. The second kappa shape index (κ2) is 7.04. The normalized spacial score (nSPS) is 10.5. The van der Waals surface area contributed by atoms with Crippen molar-refractivity contribution < 1.29 is 0 Å². The molecule has 0 spiro atoms. The Balaban J connectivity index is 2.05. The number of nitrogens with zero attached hydrogens (tertiary/aromatic N) is 2. The van der Waals surface area contributed by atoms with Crippen LogP contribution in [0, 0.1) is 13.8 Å². The van der Waals surface area contributed by atoms with Gasteiger partial charge in [0.1, 0.15) is 17.5 Å². The molecule has 0 bridgehead atoms. The molecule has 0 aliphatic heterocycles. The molecular formula is C16H23N5. The number of hydrazine groups is 1. The average Bonchev–Trinajstić information content (AvgIpc) is 2.49. The Morgan fingerprint density at radius 3 is 2.57 bits per heavy atom. The predicted molar refractivity (Wildman–Crippen MR) is 87.3 cm³/mol. The van der Waals surface area contributed by atoms with Crippen LogP contribution in [-0.2, 0) is 12.8 Å². The fourth-order valence-corrected chi connectivity index (χ4v) is 2.23. The Bertz CT molecular complexity index is 610. The summed E-state index contributed by atoms with van der Waals surface area (Å²) in [6.07, 6.45) is 1.74.